The van der Waals surface area contributed by atoms with E-state index in [-0.39, 0.29) is 17.3 Å². The molecule has 0 spiro atoms. The Morgan fingerprint density at radius 3 is 2.38 bits per heavy atom. The Labute approximate surface area is 174 Å². The molecule has 0 unspecified atom stereocenters. The van der Waals surface area contributed by atoms with Crippen LogP contribution in [0.4, 0.5) is 11.4 Å². The third kappa shape index (κ3) is 5.42. The average Bonchev–Trinajstić information content (AvgIpc) is 3.21. The molecule has 3 aromatic rings. The highest BCUT2D eigenvalue weighted by Crippen LogP contribution is 2.34. The molecule has 0 saturated carbocycles. The van der Waals surface area contributed by atoms with Gasteiger partial charge >= 0.3 is 0 Å². The van der Waals surface area contributed by atoms with E-state index >= 15 is 0 Å². The van der Waals surface area contributed by atoms with Crippen LogP contribution in [0.2, 0.25) is 0 Å². The lowest BCUT2D eigenvalue weighted by molar-refractivity contribution is -0.384. The molecule has 0 aliphatic rings. The lowest BCUT2D eigenvalue weighted by atomic mass is 10.2. The van der Waals surface area contributed by atoms with Gasteiger partial charge in [0.2, 0.25) is 5.91 Å². The highest BCUT2D eigenvalue weighted by atomic mass is 32.2. The number of aromatic nitrogens is 2. The van der Waals surface area contributed by atoms with E-state index in [2.05, 4.69) is 15.5 Å². The number of nitrogens with one attached hydrogen (secondary N) is 1. The predicted molar refractivity (Wildman–Crippen MR) is 111 cm³/mol. The fourth-order valence-corrected chi connectivity index (χ4v) is 3.95. The molecular weight excluding hydrogens is 416 g/mol. The number of benzene rings is 2. The number of nitro groups is 1. The maximum atomic E-state index is 12.1. The normalized spacial score (nSPS) is 10.4. The maximum absolute atomic E-state index is 12.1. The summed E-state index contributed by atoms with van der Waals surface area (Å²) in [5.74, 6) is 1.17. The highest BCUT2D eigenvalue weighted by molar-refractivity contribution is 8.01. The number of thioether (sulfide) groups is 1. The second kappa shape index (κ2) is 9.34. The van der Waals surface area contributed by atoms with Crippen molar-refractivity contribution >= 4 is 40.4 Å². The first-order chi connectivity index (χ1) is 14.0. The Morgan fingerprint density at radius 1 is 1.14 bits per heavy atom. The number of nitrogens with zero attached hydrogens (tertiary/aromatic N) is 3. The van der Waals surface area contributed by atoms with Crippen LogP contribution in [0.3, 0.4) is 0 Å². The molecule has 1 N–H and O–H groups in total. The van der Waals surface area contributed by atoms with E-state index in [0.717, 1.165) is 5.56 Å². The van der Waals surface area contributed by atoms with Gasteiger partial charge in [0.15, 0.2) is 4.34 Å². The van der Waals surface area contributed by atoms with Crippen molar-refractivity contribution in [2.24, 2.45) is 0 Å². The van der Waals surface area contributed by atoms with Crippen molar-refractivity contribution in [2.75, 3.05) is 25.3 Å². The zero-order valence-corrected chi connectivity index (χ0v) is 17.1. The summed E-state index contributed by atoms with van der Waals surface area (Å²) in [5.41, 5.74) is 1.26. The van der Waals surface area contributed by atoms with Gasteiger partial charge in [0.1, 0.15) is 16.5 Å². The number of hydrogen-bond donors (Lipinski definition) is 1. The number of hydrogen-bond acceptors (Lipinski definition) is 9. The fourth-order valence-electron chi connectivity index (χ4n) is 2.31. The lowest BCUT2D eigenvalue weighted by Gasteiger charge is -2.06. The van der Waals surface area contributed by atoms with Gasteiger partial charge in [-0.25, -0.2) is 0 Å². The molecule has 0 bridgehead atoms. The third-order valence-corrected chi connectivity index (χ3v) is 5.80. The number of nitro benzene ring substituents is 1. The second-order valence-electron chi connectivity index (χ2n) is 5.62. The number of ether oxygens (including phenoxy) is 2. The van der Waals surface area contributed by atoms with Crippen molar-refractivity contribution in [3.8, 4) is 22.1 Å². The van der Waals surface area contributed by atoms with Crippen LogP contribution in [0, 0.1) is 10.1 Å². The summed E-state index contributed by atoms with van der Waals surface area (Å²) in [4.78, 5) is 22.3. The minimum atomic E-state index is -0.494. The summed E-state index contributed by atoms with van der Waals surface area (Å²) in [6.45, 7) is 0. The molecule has 0 fully saturated rings. The van der Waals surface area contributed by atoms with Gasteiger partial charge in [-0.1, -0.05) is 23.1 Å². The number of rotatable bonds is 8. The fraction of sp³-hybridized carbons (Fsp3) is 0.167. The summed E-state index contributed by atoms with van der Waals surface area (Å²) in [5, 5.41) is 22.3. The second-order valence-corrected chi connectivity index (χ2v) is 7.82. The highest BCUT2D eigenvalue weighted by Gasteiger charge is 2.12. The SMILES string of the molecule is COc1cc(OC)cc(-c2nnc(SCC(=O)Nc3ccc([N+](=O)[O-])cc3)s2)c1. The van der Waals surface area contributed by atoms with Crippen LogP contribution in [0.1, 0.15) is 0 Å². The molecule has 0 aliphatic carbocycles. The minimum absolute atomic E-state index is 0.0343. The topological polar surface area (TPSA) is 116 Å². The lowest BCUT2D eigenvalue weighted by Crippen LogP contribution is -2.13. The molecular formula is C18H16N4O5S2. The summed E-state index contributed by atoms with van der Waals surface area (Å²) >= 11 is 2.61. The van der Waals surface area contributed by atoms with Gasteiger partial charge in [-0.15, -0.1) is 10.2 Å². The van der Waals surface area contributed by atoms with Crippen molar-refractivity contribution in [1.29, 1.82) is 0 Å². The standard InChI is InChI=1S/C18H16N4O5S2/c1-26-14-7-11(8-15(9-14)27-2)17-20-21-18(29-17)28-10-16(23)19-12-3-5-13(6-4-12)22(24)25/h3-9H,10H2,1-2H3,(H,19,23). The molecule has 11 heteroatoms. The largest absolute Gasteiger partial charge is 0.497 e. The molecule has 2 aromatic carbocycles. The Kier molecular flexibility index (Phi) is 6.62. The molecule has 3 rings (SSSR count). The zero-order valence-electron chi connectivity index (χ0n) is 15.4. The van der Waals surface area contributed by atoms with E-state index in [1.165, 1.54) is 47.4 Å². The Bertz CT molecular complexity index is 1000. The van der Waals surface area contributed by atoms with Crippen molar-refractivity contribution in [3.63, 3.8) is 0 Å². The van der Waals surface area contributed by atoms with E-state index in [9.17, 15) is 14.9 Å². The molecule has 9 nitrogen and oxygen atoms in total. The minimum Gasteiger partial charge on any atom is -0.497 e. The Balaban J connectivity index is 1.60. The van der Waals surface area contributed by atoms with E-state index in [4.69, 9.17) is 9.47 Å². The van der Waals surface area contributed by atoms with Crippen molar-refractivity contribution in [3.05, 3.63) is 52.6 Å². The van der Waals surface area contributed by atoms with Crippen LogP contribution in [-0.2, 0) is 4.79 Å². The quantitative estimate of drug-likeness (QED) is 0.324. The number of anilines is 1. The molecule has 0 aliphatic heterocycles. The van der Waals surface area contributed by atoms with Gasteiger partial charge in [0, 0.05) is 29.4 Å². The number of carbonyl (C=O) groups is 1. The summed E-state index contributed by atoms with van der Waals surface area (Å²) in [7, 11) is 3.15. The molecule has 29 heavy (non-hydrogen) atoms. The zero-order chi connectivity index (χ0) is 20.8. The average molecular weight is 432 g/mol. The molecule has 0 atom stereocenters. The van der Waals surface area contributed by atoms with Gasteiger partial charge in [-0.2, -0.15) is 0 Å². The maximum Gasteiger partial charge on any atom is 0.269 e. The summed E-state index contributed by atoms with van der Waals surface area (Å²) < 4.78 is 11.2. The van der Waals surface area contributed by atoms with Crippen molar-refractivity contribution in [2.45, 2.75) is 4.34 Å². The first-order valence-corrected chi connectivity index (χ1v) is 10.0. The van der Waals surface area contributed by atoms with Crippen LogP contribution >= 0.6 is 23.1 Å². The van der Waals surface area contributed by atoms with Gasteiger partial charge in [-0.05, 0) is 24.3 Å². The first kappa shape index (κ1) is 20.6. The van der Waals surface area contributed by atoms with Crippen LogP contribution in [-0.4, -0.2) is 41.0 Å². The molecule has 150 valence electrons. The van der Waals surface area contributed by atoms with E-state index in [0.29, 0.717) is 26.5 Å². The smallest absolute Gasteiger partial charge is 0.269 e. The van der Waals surface area contributed by atoms with E-state index < -0.39 is 4.92 Å². The molecule has 1 amide bonds. The van der Waals surface area contributed by atoms with Crippen LogP contribution in [0.25, 0.3) is 10.6 Å². The Hall–Kier alpha value is -3.18. The predicted octanol–water partition coefficient (Wildman–Crippen LogP) is 3.86. The van der Waals surface area contributed by atoms with E-state index in [1.54, 1.807) is 20.3 Å². The van der Waals surface area contributed by atoms with Crippen LogP contribution in [0.5, 0.6) is 11.5 Å². The van der Waals surface area contributed by atoms with Gasteiger partial charge in [0.05, 0.1) is 24.9 Å². The number of non-ortho nitro benzene ring substituents is 1. The van der Waals surface area contributed by atoms with Gasteiger partial charge in [0.25, 0.3) is 5.69 Å². The molecule has 1 aromatic heterocycles. The molecule has 0 radical (unpaired) electrons. The monoisotopic (exact) mass is 432 g/mol. The van der Waals surface area contributed by atoms with E-state index in [1.807, 2.05) is 12.1 Å². The van der Waals surface area contributed by atoms with Crippen molar-refractivity contribution in [1.82, 2.24) is 10.2 Å². The van der Waals surface area contributed by atoms with Gasteiger partial charge < -0.3 is 14.8 Å². The van der Waals surface area contributed by atoms with Crippen molar-refractivity contribution < 1.29 is 19.2 Å². The number of amides is 1. The summed E-state index contributed by atoms with van der Waals surface area (Å²) in [6, 6.07) is 11.1. The van der Waals surface area contributed by atoms with Gasteiger partial charge in [-0.3, -0.25) is 14.9 Å². The third-order valence-electron chi connectivity index (χ3n) is 3.69. The van der Waals surface area contributed by atoms with Crippen LogP contribution < -0.4 is 14.8 Å². The molecule has 0 saturated heterocycles. The van der Waals surface area contributed by atoms with Crippen LogP contribution in [0.15, 0.2) is 46.8 Å². The number of carbonyl (C=O) groups excluding carboxylic acids is 1. The summed E-state index contributed by atoms with van der Waals surface area (Å²) in [6.07, 6.45) is 0. The number of methoxy groups -OCH3 is 2. The first-order valence-electron chi connectivity index (χ1n) is 8.22. The molecule has 1 heterocycles. The Morgan fingerprint density at radius 2 is 1.79 bits per heavy atom.